The number of nitrogens with one attached hydrogen (secondary N) is 1. The van der Waals surface area contributed by atoms with Crippen molar-refractivity contribution in [2.45, 2.75) is 19.8 Å². The molecule has 0 aliphatic carbocycles. The van der Waals surface area contributed by atoms with Crippen LogP contribution in [-0.4, -0.2) is 30.0 Å². The molecule has 0 saturated heterocycles. The van der Waals surface area contributed by atoms with Crippen LogP contribution in [0.15, 0.2) is 36.4 Å². The van der Waals surface area contributed by atoms with Crippen LogP contribution in [0.2, 0.25) is 10.0 Å². The van der Waals surface area contributed by atoms with Crippen molar-refractivity contribution in [3.05, 3.63) is 62.1 Å². The summed E-state index contributed by atoms with van der Waals surface area (Å²) >= 11 is 11.8. The second-order valence-electron chi connectivity index (χ2n) is 5.99. The van der Waals surface area contributed by atoms with Crippen molar-refractivity contribution in [1.29, 1.82) is 0 Å². The van der Waals surface area contributed by atoms with Gasteiger partial charge in [-0.05, 0) is 43.2 Å². The molecule has 0 aliphatic rings. The molecule has 0 heterocycles. The normalized spacial score (nSPS) is 10.3. The van der Waals surface area contributed by atoms with E-state index in [1.54, 1.807) is 18.2 Å². The van der Waals surface area contributed by atoms with E-state index >= 15 is 0 Å². The second kappa shape index (κ2) is 10.6. The SMILES string of the molecule is Cc1cc(OCCCC(=O)OCC(=O)Nc2ccc([N+](=O)[O-])cc2Cl)ccc1Cl. The Morgan fingerprint density at radius 2 is 1.90 bits per heavy atom. The van der Waals surface area contributed by atoms with Gasteiger partial charge in [-0.3, -0.25) is 19.7 Å². The molecule has 8 nitrogen and oxygen atoms in total. The number of halogens is 2. The van der Waals surface area contributed by atoms with Crippen molar-refractivity contribution in [2.75, 3.05) is 18.5 Å². The van der Waals surface area contributed by atoms with Gasteiger partial charge in [-0.25, -0.2) is 0 Å². The third-order valence-electron chi connectivity index (χ3n) is 3.73. The largest absolute Gasteiger partial charge is 0.494 e. The molecule has 0 saturated carbocycles. The van der Waals surface area contributed by atoms with E-state index in [1.165, 1.54) is 12.1 Å². The molecule has 2 rings (SSSR count). The van der Waals surface area contributed by atoms with E-state index in [0.717, 1.165) is 11.6 Å². The lowest BCUT2D eigenvalue weighted by Gasteiger charge is -2.09. The topological polar surface area (TPSA) is 108 Å². The van der Waals surface area contributed by atoms with Crippen LogP contribution in [0.3, 0.4) is 0 Å². The maximum Gasteiger partial charge on any atom is 0.306 e. The van der Waals surface area contributed by atoms with E-state index in [1.807, 2.05) is 6.92 Å². The fourth-order valence-electron chi connectivity index (χ4n) is 2.24. The number of carbonyl (C=O) groups excluding carboxylic acids is 2. The minimum absolute atomic E-state index is 0.00783. The van der Waals surface area contributed by atoms with E-state index in [0.29, 0.717) is 23.8 Å². The summed E-state index contributed by atoms with van der Waals surface area (Å²) in [5.74, 6) is -0.507. The Labute approximate surface area is 176 Å². The molecule has 0 spiro atoms. The quantitative estimate of drug-likeness (QED) is 0.265. The fourth-order valence-corrected chi connectivity index (χ4v) is 2.58. The van der Waals surface area contributed by atoms with Crippen LogP contribution in [-0.2, 0) is 14.3 Å². The number of nitrogens with zero attached hydrogens (tertiary/aromatic N) is 1. The number of benzene rings is 2. The zero-order chi connectivity index (χ0) is 21.4. The van der Waals surface area contributed by atoms with E-state index in [4.69, 9.17) is 32.7 Å². The number of nitro benzene ring substituents is 1. The van der Waals surface area contributed by atoms with Crippen LogP contribution in [0, 0.1) is 17.0 Å². The summed E-state index contributed by atoms with van der Waals surface area (Å²) in [6.07, 6.45) is 0.494. The number of aryl methyl sites for hydroxylation is 1. The molecule has 0 aliphatic heterocycles. The van der Waals surface area contributed by atoms with E-state index < -0.39 is 23.4 Å². The van der Waals surface area contributed by atoms with Gasteiger partial charge in [0.2, 0.25) is 0 Å². The average Bonchev–Trinajstić information content (AvgIpc) is 2.67. The van der Waals surface area contributed by atoms with Gasteiger partial charge in [0.05, 0.1) is 22.2 Å². The summed E-state index contributed by atoms with van der Waals surface area (Å²) in [4.78, 5) is 33.6. The Hall–Kier alpha value is -2.84. The molecule has 0 bridgehead atoms. The second-order valence-corrected chi connectivity index (χ2v) is 6.81. The fraction of sp³-hybridized carbons (Fsp3) is 0.263. The van der Waals surface area contributed by atoms with Crippen molar-refractivity contribution < 1.29 is 24.0 Å². The van der Waals surface area contributed by atoms with Gasteiger partial charge in [0, 0.05) is 23.6 Å². The molecule has 0 aromatic heterocycles. The maximum atomic E-state index is 11.8. The number of nitro groups is 1. The Bertz CT molecular complexity index is 920. The summed E-state index contributed by atoms with van der Waals surface area (Å²) < 4.78 is 10.4. The molecule has 1 N–H and O–H groups in total. The Balaban J connectivity index is 1.68. The third kappa shape index (κ3) is 7.24. The van der Waals surface area contributed by atoms with Crippen LogP contribution in [0.1, 0.15) is 18.4 Å². The van der Waals surface area contributed by atoms with E-state index in [9.17, 15) is 19.7 Å². The Morgan fingerprint density at radius 3 is 2.55 bits per heavy atom. The monoisotopic (exact) mass is 440 g/mol. The molecule has 2 aromatic rings. The van der Waals surface area contributed by atoms with Crippen molar-refractivity contribution >= 4 is 46.5 Å². The lowest BCUT2D eigenvalue weighted by molar-refractivity contribution is -0.384. The van der Waals surface area contributed by atoms with Crippen LogP contribution < -0.4 is 10.1 Å². The smallest absolute Gasteiger partial charge is 0.306 e. The minimum Gasteiger partial charge on any atom is -0.494 e. The number of esters is 1. The van der Waals surface area contributed by atoms with Gasteiger partial charge in [-0.15, -0.1) is 0 Å². The number of hydrogen-bond acceptors (Lipinski definition) is 6. The van der Waals surface area contributed by atoms with Gasteiger partial charge in [0.25, 0.3) is 11.6 Å². The van der Waals surface area contributed by atoms with E-state index in [2.05, 4.69) is 5.32 Å². The predicted octanol–water partition coefficient (Wildman–Crippen LogP) is 4.55. The summed E-state index contributed by atoms with van der Waals surface area (Å²) in [6.45, 7) is 1.67. The van der Waals surface area contributed by atoms with Crippen LogP contribution in [0.5, 0.6) is 5.75 Å². The number of hydrogen-bond donors (Lipinski definition) is 1. The Kier molecular flexibility index (Phi) is 8.23. The van der Waals surface area contributed by atoms with Gasteiger partial charge in [0.15, 0.2) is 6.61 Å². The van der Waals surface area contributed by atoms with Crippen LogP contribution >= 0.6 is 23.2 Å². The molecule has 0 fully saturated rings. The molecule has 10 heteroatoms. The third-order valence-corrected chi connectivity index (χ3v) is 4.46. The highest BCUT2D eigenvalue weighted by Crippen LogP contribution is 2.26. The molecule has 154 valence electrons. The first-order valence-electron chi connectivity index (χ1n) is 8.54. The summed E-state index contributed by atoms with van der Waals surface area (Å²) in [7, 11) is 0. The van der Waals surface area contributed by atoms with Gasteiger partial charge >= 0.3 is 5.97 Å². The number of anilines is 1. The number of amides is 1. The van der Waals surface area contributed by atoms with Crippen molar-refractivity contribution in [1.82, 2.24) is 0 Å². The first-order chi connectivity index (χ1) is 13.8. The number of ether oxygens (including phenoxy) is 2. The highest BCUT2D eigenvalue weighted by molar-refractivity contribution is 6.34. The molecule has 1 amide bonds. The van der Waals surface area contributed by atoms with Crippen molar-refractivity contribution in [2.24, 2.45) is 0 Å². The lowest BCUT2D eigenvalue weighted by atomic mass is 10.2. The molecule has 2 aromatic carbocycles. The number of non-ortho nitro benzene ring substituents is 1. The first-order valence-corrected chi connectivity index (χ1v) is 9.30. The predicted molar refractivity (Wildman–Crippen MR) is 109 cm³/mol. The first kappa shape index (κ1) is 22.4. The highest BCUT2D eigenvalue weighted by atomic mass is 35.5. The molecule has 0 unspecified atom stereocenters. The van der Waals surface area contributed by atoms with Crippen molar-refractivity contribution in [3.63, 3.8) is 0 Å². The summed E-state index contributed by atoms with van der Waals surface area (Å²) in [5.41, 5.74) is 0.878. The highest BCUT2D eigenvalue weighted by Gasteiger charge is 2.13. The zero-order valence-corrected chi connectivity index (χ0v) is 17.0. The van der Waals surface area contributed by atoms with Crippen molar-refractivity contribution in [3.8, 4) is 5.75 Å². The van der Waals surface area contributed by atoms with Crippen LogP contribution in [0.25, 0.3) is 0 Å². The minimum atomic E-state index is -0.609. The van der Waals surface area contributed by atoms with Gasteiger partial charge in [-0.2, -0.15) is 0 Å². The number of rotatable bonds is 9. The Morgan fingerprint density at radius 1 is 1.14 bits per heavy atom. The molecule has 0 atom stereocenters. The number of carbonyl (C=O) groups is 2. The van der Waals surface area contributed by atoms with Gasteiger partial charge in [-0.1, -0.05) is 23.2 Å². The molecule has 29 heavy (non-hydrogen) atoms. The van der Waals surface area contributed by atoms with E-state index in [-0.39, 0.29) is 22.8 Å². The van der Waals surface area contributed by atoms with Gasteiger partial charge < -0.3 is 14.8 Å². The lowest BCUT2D eigenvalue weighted by Crippen LogP contribution is -2.21. The summed E-state index contributed by atoms with van der Waals surface area (Å²) in [6, 6.07) is 8.89. The standard InChI is InChI=1S/C19H18Cl2N2O6/c1-12-9-14(5-6-15(12)20)28-8-2-3-19(25)29-11-18(24)22-17-7-4-13(23(26)27)10-16(17)21/h4-7,9-10H,2-3,8,11H2,1H3,(H,22,24). The molecular formula is C19H18Cl2N2O6. The van der Waals surface area contributed by atoms with Crippen LogP contribution in [0.4, 0.5) is 11.4 Å². The molecular weight excluding hydrogens is 423 g/mol. The maximum absolute atomic E-state index is 11.8. The van der Waals surface area contributed by atoms with Gasteiger partial charge in [0.1, 0.15) is 5.75 Å². The molecule has 0 radical (unpaired) electrons. The zero-order valence-electron chi connectivity index (χ0n) is 15.4. The average molecular weight is 441 g/mol. The summed E-state index contributed by atoms with van der Waals surface area (Å²) in [5, 5.41) is 13.7.